The topological polar surface area (TPSA) is 0 Å². The molecule has 7 heavy (non-hydrogen) atoms. The van der Waals surface area contributed by atoms with Gasteiger partial charge in [0.15, 0.2) is 0 Å². The van der Waals surface area contributed by atoms with Gasteiger partial charge in [0.1, 0.15) is 0 Å². The molecular weight excluding hydrogens is 316 g/mol. The summed E-state index contributed by atoms with van der Waals surface area (Å²) < 4.78 is 0. The van der Waals surface area contributed by atoms with Crippen LogP contribution < -0.4 is 0 Å². The van der Waals surface area contributed by atoms with Gasteiger partial charge in [-0.15, -0.1) is 23.2 Å². The molecule has 0 fully saturated rings. The fourth-order valence-corrected chi connectivity index (χ4v) is 0. The second-order valence-electron chi connectivity index (χ2n) is 0.146. The number of rotatable bonds is 0. The van der Waals surface area contributed by atoms with Crippen LogP contribution in [0.15, 0.2) is 0 Å². The Morgan fingerprint density at radius 2 is 1.14 bits per heavy atom. The minimum Gasteiger partial charge on any atom is 2.00 e. The van der Waals surface area contributed by atoms with Crippen LogP contribution >= 0.6 is 42.3 Å². The van der Waals surface area contributed by atoms with E-state index in [1.165, 1.54) is 0 Å². The van der Waals surface area contributed by atoms with E-state index in [2.05, 4.69) is 0 Å². The predicted molar refractivity (Wildman–Crippen MR) is 28.3 cm³/mol. The molecule has 0 aliphatic rings. The fourth-order valence-electron chi connectivity index (χ4n) is 0. The summed E-state index contributed by atoms with van der Waals surface area (Å²) in [7, 11) is 9.63. The molecule has 0 atom stereocenters. The number of hydrogen-bond donors (Lipinski definition) is 0. The first kappa shape index (κ1) is 16.2. The average Bonchev–Trinajstić information content (AvgIpc) is 1.39. The third-order valence-electron chi connectivity index (χ3n) is 0. The second-order valence-corrected chi connectivity index (χ2v) is 3.31. The van der Waals surface area contributed by atoms with E-state index in [-0.39, 0.29) is 38.3 Å². The van der Waals surface area contributed by atoms with Crippen molar-refractivity contribution in [2.24, 2.45) is 0 Å². The first-order chi connectivity index (χ1) is 2.83. The van der Waals surface area contributed by atoms with E-state index in [4.69, 9.17) is 42.3 Å². The van der Waals surface area contributed by atoms with Gasteiger partial charge in [-0.3, -0.25) is 0 Å². The van der Waals surface area contributed by atoms with Crippen LogP contribution in [0, 0.1) is 0 Å². The van der Waals surface area contributed by atoms with Crippen LogP contribution in [0.5, 0.6) is 0 Å². The van der Waals surface area contributed by atoms with Gasteiger partial charge in [-0.1, -0.05) is 0 Å². The fraction of sp³-hybridized carbons (Fsp3) is 1.00. The maximum absolute atomic E-state index is 4.81. The van der Waals surface area contributed by atoms with Crippen molar-refractivity contribution >= 4 is 42.3 Å². The van der Waals surface area contributed by atoms with Crippen LogP contribution in [0.2, 0.25) is 0 Å². The van der Waals surface area contributed by atoms with Crippen LogP contribution in [0.1, 0.15) is 0 Å². The maximum atomic E-state index is 4.81. The number of halogens is 4. The summed E-state index contributed by atoms with van der Waals surface area (Å²) >= 11 is 9.42. The van der Waals surface area contributed by atoms with Gasteiger partial charge in [-0.05, 0) is 0 Å². The number of alkyl halides is 2. The summed E-state index contributed by atoms with van der Waals surface area (Å²) in [5.41, 5.74) is 0. The summed E-state index contributed by atoms with van der Waals surface area (Å²) in [4.78, 5) is 0. The van der Waals surface area contributed by atoms with E-state index in [0.29, 0.717) is 0 Å². The molecule has 0 aliphatic heterocycles. The third-order valence-corrected chi connectivity index (χ3v) is 0. The Kier molecular flexibility index (Phi) is 55.1. The van der Waals surface area contributed by atoms with Crippen molar-refractivity contribution in [2.45, 2.75) is 0 Å². The van der Waals surface area contributed by atoms with Gasteiger partial charge in [0, 0.05) is 0 Å². The molecule has 0 N–H and O–H groups in total. The molecule has 0 aliphatic carbocycles. The van der Waals surface area contributed by atoms with E-state index in [9.17, 15) is 0 Å². The van der Waals surface area contributed by atoms with Crippen molar-refractivity contribution in [2.75, 3.05) is 5.34 Å². The van der Waals surface area contributed by atoms with Gasteiger partial charge < -0.3 is 0 Å². The van der Waals surface area contributed by atoms with Crippen LogP contribution in [0.4, 0.5) is 0 Å². The Bertz CT molecular complexity index is 13.7. The molecular formula is CH2Cl4FePd+2. The summed E-state index contributed by atoms with van der Waals surface area (Å²) in [6.45, 7) is 0. The van der Waals surface area contributed by atoms with E-state index >= 15 is 0 Å². The molecule has 0 rings (SSSR count). The van der Waals surface area contributed by atoms with E-state index in [0.717, 1.165) is 0 Å². The molecule has 50 valence electrons. The molecule has 0 unspecified atom stereocenters. The minimum atomic E-state index is -0.106. The molecule has 0 heterocycles. The SMILES string of the molecule is ClCCl.[Cl][Pd][Cl].[Fe+2]. The average molecular weight is 318 g/mol. The summed E-state index contributed by atoms with van der Waals surface area (Å²) in [5, 5.41) is 0.194. The zero-order valence-electron chi connectivity index (χ0n) is 2.89. The van der Waals surface area contributed by atoms with Gasteiger partial charge in [-0.2, -0.15) is 0 Å². The van der Waals surface area contributed by atoms with Gasteiger partial charge in [0.2, 0.25) is 0 Å². The maximum Gasteiger partial charge on any atom is 2.00 e. The van der Waals surface area contributed by atoms with E-state index in [1.54, 1.807) is 0 Å². The zero-order valence-corrected chi connectivity index (χ0v) is 8.57. The minimum absolute atomic E-state index is 0. The third kappa shape index (κ3) is 61.2. The van der Waals surface area contributed by atoms with Crippen molar-refractivity contribution < 1.29 is 33.0 Å². The molecule has 0 spiro atoms. The first-order valence-electron chi connectivity index (χ1n) is 0.774. The zero-order chi connectivity index (χ0) is 5.41. The number of hydrogen-bond acceptors (Lipinski definition) is 0. The van der Waals surface area contributed by atoms with Crippen LogP contribution in [0.25, 0.3) is 0 Å². The monoisotopic (exact) mass is 316 g/mol. The van der Waals surface area contributed by atoms with Gasteiger partial charge in [0.25, 0.3) is 0 Å². The smallest absolute Gasteiger partial charge is 2.00 e. The molecule has 0 saturated heterocycles. The van der Waals surface area contributed by atoms with E-state index in [1.807, 2.05) is 0 Å². The second kappa shape index (κ2) is 23.9. The molecule has 0 aromatic heterocycles. The van der Waals surface area contributed by atoms with E-state index < -0.39 is 0 Å². The van der Waals surface area contributed by atoms with Crippen molar-refractivity contribution in [1.82, 2.24) is 0 Å². The molecule has 6 heteroatoms. The molecule has 0 nitrogen and oxygen atoms in total. The molecule has 0 saturated carbocycles. The largest absolute Gasteiger partial charge is 2.00 e. The Morgan fingerprint density at radius 3 is 1.14 bits per heavy atom. The first-order valence-corrected chi connectivity index (χ1v) is 5.85. The standard InChI is InChI=1S/CH2Cl2.2ClH.Fe.Pd/c2-1-3;;;;/h1H2;2*1H;;/q;;;2*+2/p-2. The summed E-state index contributed by atoms with van der Waals surface area (Å²) in [6, 6.07) is 0. The molecule has 0 aromatic carbocycles. The van der Waals surface area contributed by atoms with Crippen LogP contribution in [0.3, 0.4) is 0 Å². The molecule has 0 bridgehead atoms. The van der Waals surface area contributed by atoms with Gasteiger partial charge in [0.05, 0.1) is 5.34 Å². The molecule has 0 aromatic rings. The quantitative estimate of drug-likeness (QED) is 0.476. The van der Waals surface area contributed by atoms with Crippen molar-refractivity contribution in [3.63, 3.8) is 0 Å². The van der Waals surface area contributed by atoms with Crippen molar-refractivity contribution in [3.8, 4) is 0 Å². The normalized spacial score (nSPS) is 5.71. The predicted octanol–water partition coefficient (Wildman–Crippen LogP) is 2.80. The summed E-state index contributed by atoms with van der Waals surface area (Å²) in [5.74, 6) is 0. The van der Waals surface area contributed by atoms with Gasteiger partial charge >= 0.3 is 52.1 Å². The van der Waals surface area contributed by atoms with Crippen LogP contribution in [-0.4, -0.2) is 5.34 Å². The molecule has 0 amide bonds. The van der Waals surface area contributed by atoms with Crippen molar-refractivity contribution in [1.29, 1.82) is 0 Å². The summed E-state index contributed by atoms with van der Waals surface area (Å²) in [6.07, 6.45) is 0. The Hall–Kier alpha value is 2.34. The van der Waals surface area contributed by atoms with Crippen LogP contribution in [-0.2, 0) is 33.0 Å². The molecule has 0 radical (unpaired) electrons. The Labute approximate surface area is 79.8 Å². The Morgan fingerprint density at radius 1 is 1.14 bits per heavy atom. The van der Waals surface area contributed by atoms with Gasteiger partial charge in [-0.25, -0.2) is 0 Å². The Balaban J connectivity index is -0.0000000400. The van der Waals surface area contributed by atoms with Crippen molar-refractivity contribution in [3.05, 3.63) is 0 Å².